The molecule has 50 valence electrons. The third-order valence-electron chi connectivity index (χ3n) is 1.62. The van der Waals surface area contributed by atoms with Crippen LogP contribution in [0.1, 0.15) is 6.92 Å². The van der Waals surface area contributed by atoms with Crippen LogP contribution in [0.2, 0.25) is 0 Å². The quantitative estimate of drug-likeness (QED) is 0.291. The maximum atomic E-state index is 10.7. The number of rotatable bonds is 1. The van der Waals surface area contributed by atoms with E-state index >= 15 is 0 Å². The molecule has 3 nitrogen and oxygen atoms in total. The zero-order valence-corrected chi connectivity index (χ0v) is 6.23. The van der Waals surface area contributed by atoms with E-state index in [9.17, 15) is 9.59 Å². The Labute approximate surface area is 55.7 Å². The lowest BCUT2D eigenvalue weighted by atomic mass is 9.94. The Hall–Kier alpha value is -0.430. The molecule has 3 atom stereocenters. The molecule has 1 amide bonds. The summed E-state index contributed by atoms with van der Waals surface area (Å²) in [7, 11) is 2.22. The van der Waals surface area contributed by atoms with Crippen molar-refractivity contribution in [1.29, 1.82) is 0 Å². The van der Waals surface area contributed by atoms with Gasteiger partial charge in [-0.15, -0.1) is 0 Å². The van der Waals surface area contributed by atoms with E-state index in [1.807, 2.05) is 0 Å². The Kier molecular flexibility index (Phi) is 1.54. The van der Waals surface area contributed by atoms with E-state index in [2.05, 4.69) is 9.39 Å². The van der Waals surface area contributed by atoms with Crippen LogP contribution in [0.4, 0.5) is 0 Å². The second kappa shape index (κ2) is 2.07. The van der Waals surface area contributed by atoms with E-state index in [1.165, 1.54) is 4.67 Å². The van der Waals surface area contributed by atoms with Gasteiger partial charge in [0.25, 0.3) is 0 Å². The number of β-lactam (4-membered cyclic amide) rings is 1. The van der Waals surface area contributed by atoms with Crippen molar-refractivity contribution < 1.29 is 9.59 Å². The summed E-state index contributed by atoms with van der Waals surface area (Å²) in [6, 6.07) is -0.206. The van der Waals surface area contributed by atoms with Crippen molar-refractivity contribution >= 4 is 21.6 Å². The Morgan fingerprint density at radius 2 is 2.33 bits per heavy atom. The van der Waals surface area contributed by atoms with Crippen LogP contribution in [0.25, 0.3) is 0 Å². The molecule has 0 aromatic carbocycles. The lowest BCUT2D eigenvalue weighted by Gasteiger charge is -2.39. The monoisotopic (exact) mass is 145 g/mol. The van der Waals surface area contributed by atoms with E-state index in [4.69, 9.17) is 0 Å². The van der Waals surface area contributed by atoms with E-state index in [-0.39, 0.29) is 17.9 Å². The van der Waals surface area contributed by atoms with Gasteiger partial charge in [-0.3, -0.25) is 4.79 Å². The number of hydrogen-bond donors (Lipinski definition) is 0. The second-order valence-electron chi connectivity index (χ2n) is 2.16. The average molecular weight is 145 g/mol. The van der Waals surface area contributed by atoms with E-state index in [0.717, 1.165) is 6.29 Å². The van der Waals surface area contributed by atoms with Crippen LogP contribution in [-0.4, -0.2) is 22.9 Å². The standard InChI is InChI=1S/C5H8NO2P/c1-3-4(2-7)6(9)5(3)8/h2-4H,9H2,1H3/t3-,4?/m1/s1. The SMILES string of the molecule is C[C@H]1C(=O)N(P)C1C=O. The Bertz CT molecular complexity index is 147. The molecule has 1 aliphatic heterocycles. The van der Waals surface area contributed by atoms with Crippen molar-refractivity contribution in [2.24, 2.45) is 5.92 Å². The number of carbonyl (C=O) groups is 2. The molecule has 2 unspecified atom stereocenters. The van der Waals surface area contributed by atoms with Gasteiger partial charge in [-0.05, 0) is 9.39 Å². The highest BCUT2D eigenvalue weighted by molar-refractivity contribution is 7.15. The van der Waals surface area contributed by atoms with Crippen molar-refractivity contribution in [3.05, 3.63) is 0 Å². The Balaban J connectivity index is 2.61. The molecular formula is C5H8NO2P. The number of hydrogen-bond acceptors (Lipinski definition) is 2. The number of carbonyl (C=O) groups excluding carboxylic acids is 2. The smallest absolute Gasteiger partial charge is 0.231 e. The summed E-state index contributed by atoms with van der Waals surface area (Å²) in [4.78, 5) is 20.8. The number of aldehydes is 1. The largest absolute Gasteiger partial charge is 0.316 e. The Morgan fingerprint density at radius 3 is 2.56 bits per heavy atom. The zero-order chi connectivity index (χ0) is 7.02. The highest BCUT2D eigenvalue weighted by atomic mass is 31.0. The van der Waals surface area contributed by atoms with Crippen molar-refractivity contribution in [2.75, 3.05) is 0 Å². The summed E-state index contributed by atoms with van der Waals surface area (Å²) in [5.74, 6) is -0.0860. The molecule has 9 heavy (non-hydrogen) atoms. The van der Waals surface area contributed by atoms with Crippen LogP contribution in [0.5, 0.6) is 0 Å². The van der Waals surface area contributed by atoms with Crippen molar-refractivity contribution in [1.82, 2.24) is 4.67 Å². The van der Waals surface area contributed by atoms with Gasteiger partial charge in [0.1, 0.15) is 12.3 Å². The first kappa shape index (κ1) is 6.69. The Morgan fingerprint density at radius 1 is 1.78 bits per heavy atom. The van der Waals surface area contributed by atoms with Crippen LogP contribution in [-0.2, 0) is 9.59 Å². The fourth-order valence-corrected chi connectivity index (χ4v) is 1.43. The topological polar surface area (TPSA) is 37.4 Å². The number of amides is 1. The van der Waals surface area contributed by atoms with Gasteiger partial charge in [0, 0.05) is 0 Å². The predicted octanol–water partition coefficient (Wildman–Crippen LogP) is -0.178. The minimum atomic E-state index is -0.206. The van der Waals surface area contributed by atoms with Gasteiger partial charge in [0.2, 0.25) is 5.91 Å². The van der Waals surface area contributed by atoms with E-state index < -0.39 is 0 Å². The molecule has 1 heterocycles. The lowest BCUT2D eigenvalue weighted by Crippen LogP contribution is -2.55. The molecule has 0 aromatic heterocycles. The molecule has 0 aliphatic carbocycles. The van der Waals surface area contributed by atoms with E-state index in [0.29, 0.717) is 0 Å². The maximum Gasteiger partial charge on any atom is 0.231 e. The molecule has 1 rings (SSSR count). The summed E-state index contributed by atoms with van der Waals surface area (Å²) in [6.07, 6.45) is 0.791. The maximum absolute atomic E-state index is 10.7. The molecule has 0 N–H and O–H groups in total. The fourth-order valence-electron chi connectivity index (χ4n) is 0.870. The van der Waals surface area contributed by atoms with Gasteiger partial charge >= 0.3 is 0 Å². The summed E-state index contributed by atoms with van der Waals surface area (Å²) >= 11 is 0. The van der Waals surface area contributed by atoms with Gasteiger partial charge in [-0.25, -0.2) is 0 Å². The van der Waals surface area contributed by atoms with E-state index in [1.54, 1.807) is 6.92 Å². The summed E-state index contributed by atoms with van der Waals surface area (Å²) < 4.78 is 1.37. The highest BCUT2D eigenvalue weighted by Gasteiger charge is 2.41. The molecule has 1 fully saturated rings. The first-order chi connectivity index (χ1) is 4.18. The predicted molar refractivity (Wildman–Crippen MR) is 35.6 cm³/mol. The summed E-state index contributed by atoms with van der Waals surface area (Å²) in [5, 5.41) is 0. The average Bonchev–Trinajstić information content (AvgIpc) is 1.89. The second-order valence-corrected chi connectivity index (χ2v) is 2.72. The molecule has 0 radical (unpaired) electrons. The van der Waals surface area contributed by atoms with Crippen LogP contribution >= 0.6 is 9.39 Å². The first-order valence-corrected chi connectivity index (χ1v) is 3.23. The normalized spacial score (nSPS) is 34.0. The van der Waals surface area contributed by atoms with Gasteiger partial charge in [-0.2, -0.15) is 0 Å². The summed E-state index contributed by atoms with van der Waals surface area (Å²) in [5.41, 5.74) is 0. The molecule has 1 aliphatic rings. The van der Waals surface area contributed by atoms with Gasteiger partial charge in [-0.1, -0.05) is 6.92 Å². The highest BCUT2D eigenvalue weighted by Crippen LogP contribution is 2.27. The minimum absolute atomic E-state index is 0.0251. The first-order valence-electron chi connectivity index (χ1n) is 2.71. The molecule has 1 saturated heterocycles. The molecular weight excluding hydrogens is 137 g/mol. The molecule has 0 saturated carbocycles. The molecule has 4 heteroatoms. The van der Waals surface area contributed by atoms with Gasteiger partial charge in [0.15, 0.2) is 0 Å². The van der Waals surface area contributed by atoms with Gasteiger partial charge in [0.05, 0.1) is 5.92 Å². The van der Waals surface area contributed by atoms with Crippen molar-refractivity contribution in [2.45, 2.75) is 13.0 Å². The third kappa shape index (κ3) is 0.761. The van der Waals surface area contributed by atoms with Crippen LogP contribution in [0, 0.1) is 5.92 Å². The minimum Gasteiger partial charge on any atom is -0.316 e. The number of nitrogens with zero attached hydrogens (tertiary/aromatic N) is 1. The van der Waals surface area contributed by atoms with Crippen molar-refractivity contribution in [3.8, 4) is 0 Å². The molecule has 0 spiro atoms. The fraction of sp³-hybridized carbons (Fsp3) is 0.600. The van der Waals surface area contributed by atoms with Crippen molar-refractivity contribution in [3.63, 3.8) is 0 Å². The zero-order valence-electron chi connectivity index (χ0n) is 5.07. The molecule has 0 bridgehead atoms. The molecule has 0 aromatic rings. The van der Waals surface area contributed by atoms with Crippen LogP contribution in [0.3, 0.4) is 0 Å². The van der Waals surface area contributed by atoms with Crippen LogP contribution < -0.4 is 0 Å². The van der Waals surface area contributed by atoms with Gasteiger partial charge < -0.3 is 9.46 Å². The lowest BCUT2D eigenvalue weighted by molar-refractivity contribution is -0.147. The van der Waals surface area contributed by atoms with Crippen LogP contribution in [0.15, 0.2) is 0 Å². The third-order valence-corrected chi connectivity index (χ3v) is 2.22. The summed E-state index contributed by atoms with van der Waals surface area (Å²) in [6.45, 7) is 1.75.